The van der Waals surface area contributed by atoms with Crippen molar-refractivity contribution in [2.75, 3.05) is 12.0 Å². The number of pyridine rings is 1. The van der Waals surface area contributed by atoms with Crippen molar-refractivity contribution in [3.63, 3.8) is 0 Å². The van der Waals surface area contributed by atoms with Crippen molar-refractivity contribution < 1.29 is 0 Å². The molecule has 0 bridgehead atoms. The molecule has 2 unspecified atom stereocenters. The molecule has 2 atom stereocenters. The van der Waals surface area contributed by atoms with E-state index in [-0.39, 0.29) is 0 Å². The van der Waals surface area contributed by atoms with E-state index in [0.717, 1.165) is 0 Å². The van der Waals surface area contributed by atoms with Gasteiger partial charge in [0, 0.05) is 30.2 Å². The first-order chi connectivity index (χ1) is 7.27. The summed E-state index contributed by atoms with van der Waals surface area (Å²) in [6, 6.07) is 5.09. The second-order valence-electron chi connectivity index (χ2n) is 3.74. The van der Waals surface area contributed by atoms with Crippen molar-refractivity contribution in [3.05, 3.63) is 30.1 Å². The van der Waals surface area contributed by atoms with Crippen LogP contribution in [0, 0.1) is 0 Å². The number of hydrogen-bond acceptors (Lipinski definition) is 3. The molecular formula is C12H20N2S. The molecule has 0 fully saturated rings. The van der Waals surface area contributed by atoms with Crippen LogP contribution in [0.1, 0.15) is 31.9 Å². The Balaban J connectivity index is 2.50. The van der Waals surface area contributed by atoms with E-state index >= 15 is 0 Å². The molecule has 0 radical (unpaired) electrons. The fourth-order valence-electron chi connectivity index (χ4n) is 1.57. The third kappa shape index (κ3) is 4.22. The van der Waals surface area contributed by atoms with E-state index in [0.29, 0.717) is 12.1 Å². The minimum atomic E-state index is 0.385. The van der Waals surface area contributed by atoms with Gasteiger partial charge in [-0.25, -0.2) is 0 Å². The zero-order chi connectivity index (χ0) is 11.1. The Morgan fingerprint density at radius 1 is 1.53 bits per heavy atom. The zero-order valence-electron chi connectivity index (χ0n) is 9.73. The summed E-state index contributed by atoms with van der Waals surface area (Å²) < 4.78 is 0. The molecule has 1 aromatic heterocycles. The molecule has 3 heteroatoms. The van der Waals surface area contributed by atoms with Gasteiger partial charge in [0.15, 0.2) is 0 Å². The standard InChI is InChI=1S/C12H20N2S/c1-4-12(9-15-3)14-10(2)11-6-5-7-13-8-11/h5-8,10,12,14H,4,9H2,1-3H3. The lowest BCUT2D eigenvalue weighted by Gasteiger charge is -2.21. The summed E-state index contributed by atoms with van der Waals surface area (Å²) in [5, 5.41) is 3.62. The summed E-state index contributed by atoms with van der Waals surface area (Å²) in [4.78, 5) is 4.14. The molecule has 1 N–H and O–H groups in total. The molecule has 0 aliphatic heterocycles. The molecule has 0 aliphatic rings. The minimum Gasteiger partial charge on any atom is -0.307 e. The van der Waals surface area contributed by atoms with Gasteiger partial charge in [-0.2, -0.15) is 11.8 Å². The topological polar surface area (TPSA) is 24.9 Å². The summed E-state index contributed by atoms with van der Waals surface area (Å²) >= 11 is 1.89. The Bertz CT molecular complexity index is 264. The number of rotatable bonds is 6. The zero-order valence-corrected chi connectivity index (χ0v) is 10.6. The molecule has 0 spiro atoms. The van der Waals surface area contributed by atoms with E-state index in [9.17, 15) is 0 Å². The van der Waals surface area contributed by atoms with E-state index < -0.39 is 0 Å². The Labute approximate surface area is 96.9 Å². The first-order valence-corrected chi connectivity index (χ1v) is 6.82. The first-order valence-electron chi connectivity index (χ1n) is 5.42. The monoisotopic (exact) mass is 224 g/mol. The van der Waals surface area contributed by atoms with Gasteiger partial charge in [-0.3, -0.25) is 4.98 Å². The second kappa shape index (κ2) is 6.85. The minimum absolute atomic E-state index is 0.385. The van der Waals surface area contributed by atoms with Gasteiger partial charge in [0.1, 0.15) is 0 Å². The molecule has 84 valence electrons. The van der Waals surface area contributed by atoms with Crippen molar-refractivity contribution >= 4 is 11.8 Å². The molecule has 2 nitrogen and oxygen atoms in total. The van der Waals surface area contributed by atoms with E-state index in [1.807, 2.05) is 30.2 Å². The Morgan fingerprint density at radius 2 is 2.33 bits per heavy atom. The number of nitrogens with zero attached hydrogens (tertiary/aromatic N) is 1. The van der Waals surface area contributed by atoms with Crippen molar-refractivity contribution in [3.8, 4) is 0 Å². The molecule has 15 heavy (non-hydrogen) atoms. The van der Waals surface area contributed by atoms with Gasteiger partial charge < -0.3 is 5.32 Å². The van der Waals surface area contributed by atoms with Gasteiger partial charge in [-0.1, -0.05) is 13.0 Å². The number of nitrogens with one attached hydrogen (secondary N) is 1. The highest BCUT2D eigenvalue weighted by Gasteiger charge is 2.10. The van der Waals surface area contributed by atoms with Crippen LogP contribution >= 0.6 is 11.8 Å². The van der Waals surface area contributed by atoms with Crippen LogP contribution in [0.25, 0.3) is 0 Å². The summed E-state index contributed by atoms with van der Waals surface area (Å²) in [5.41, 5.74) is 1.26. The van der Waals surface area contributed by atoms with Gasteiger partial charge >= 0.3 is 0 Å². The molecule has 0 saturated carbocycles. The van der Waals surface area contributed by atoms with Crippen molar-refractivity contribution in [2.24, 2.45) is 0 Å². The van der Waals surface area contributed by atoms with Crippen molar-refractivity contribution in [1.82, 2.24) is 10.3 Å². The largest absolute Gasteiger partial charge is 0.307 e. The van der Waals surface area contributed by atoms with Crippen LogP contribution in [0.15, 0.2) is 24.5 Å². The van der Waals surface area contributed by atoms with Gasteiger partial charge in [0.2, 0.25) is 0 Å². The van der Waals surface area contributed by atoms with Crippen molar-refractivity contribution in [1.29, 1.82) is 0 Å². The highest BCUT2D eigenvalue weighted by atomic mass is 32.2. The lowest BCUT2D eigenvalue weighted by Crippen LogP contribution is -2.32. The predicted octanol–water partition coefficient (Wildman–Crippen LogP) is 2.87. The van der Waals surface area contributed by atoms with E-state index in [1.165, 1.54) is 17.7 Å². The number of thioether (sulfide) groups is 1. The smallest absolute Gasteiger partial charge is 0.0315 e. The fraction of sp³-hybridized carbons (Fsp3) is 0.583. The van der Waals surface area contributed by atoms with Crippen LogP contribution < -0.4 is 5.32 Å². The normalized spacial score (nSPS) is 14.9. The van der Waals surface area contributed by atoms with Crippen LogP contribution in [-0.2, 0) is 0 Å². The summed E-state index contributed by atoms with van der Waals surface area (Å²) in [7, 11) is 0. The molecule has 0 amide bonds. The summed E-state index contributed by atoms with van der Waals surface area (Å²) in [6.07, 6.45) is 7.07. The predicted molar refractivity (Wildman–Crippen MR) is 68.2 cm³/mol. The van der Waals surface area contributed by atoms with Crippen molar-refractivity contribution in [2.45, 2.75) is 32.4 Å². The number of hydrogen-bond donors (Lipinski definition) is 1. The molecular weight excluding hydrogens is 204 g/mol. The molecule has 1 aromatic rings. The average Bonchev–Trinajstić information content (AvgIpc) is 2.29. The summed E-state index contributed by atoms with van der Waals surface area (Å²) in [6.45, 7) is 4.42. The second-order valence-corrected chi connectivity index (χ2v) is 4.65. The Morgan fingerprint density at radius 3 is 2.87 bits per heavy atom. The maximum atomic E-state index is 4.14. The van der Waals surface area contributed by atoms with E-state index in [1.54, 1.807) is 0 Å². The lowest BCUT2D eigenvalue weighted by atomic mass is 10.1. The maximum absolute atomic E-state index is 4.14. The Kier molecular flexibility index (Phi) is 5.73. The van der Waals surface area contributed by atoms with Crippen LogP contribution in [0.4, 0.5) is 0 Å². The third-order valence-electron chi connectivity index (χ3n) is 2.53. The van der Waals surface area contributed by atoms with E-state index in [2.05, 4.69) is 36.5 Å². The molecule has 0 aliphatic carbocycles. The van der Waals surface area contributed by atoms with Gasteiger partial charge in [-0.15, -0.1) is 0 Å². The fourth-order valence-corrected chi connectivity index (χ4v) is 2.30. The molecule has 0 aromatic carbocycles. The number of aromatic nitrogens is 1. The van der Waals surface area contributed by atoms with Crippen LogP contribution in [0.2, 0.25) is 0 Å². The van der Waals surface area contributed by atoms with Gasteiger partial charge in [0.05, 0.1) is 0 Å². The van der Waals surface area contributed by atoms with Gasteiger partial charge in [0.25, 0.3) is 0 Å². The van der Waals surface area contributed by atoms with Crippen LogP contribution in [0.3, 0.4) is 0 Å². The molecule has 0 saturated heterocycles. The van der Waals surface area contributed by atoms with Crippen LogP contribution in [0.5, 0.6) is 0 Å². The van der Waals surface area contributed by atoms with E-state index in [4.69, 9.17) is 0 Å². The Hall–Kier alpha value is -0.540. The highest BCUT2D eigenvalue weighted by molar-refractivity contribution is 7.98. The first kappa shape index (κ1) is 12.5. The highest BCUT2D eigenvalue weighted by Crippen LogP contribution is 2.13. The maximum Gasteiger partial charge on any atom is 0.0315 e. The molecule has 1 heterocycles. The van der Waals surface area contributed by atoms with Crippen LogP contribution in [-0.4, -0.2) is 23.0 Å². The molecule has 1 rings (SSSR count). The lowest BCUT2D eigenvalue weighted by molar-refractivity contribution is 0.474. The summed E-state index contributed by atoms with van der Waals surface area (Å²) in [5.74, 6) is 1.17. The SMILES string of the molecule is CCC(CSC)NC(C)c1cccnc1. The average molecular weight is 224 g/mol. The third-order valence-corrected chi connectivity index (χ3v) is 3.27. The quantitative estimate of drug-likeness (QED) is 0.804. The van der Waals surface area contributed by atoms with Gasteiger partial charge in [-0.05, 0) is 31.2 Å².